The van der Waals surface area contributed by atoms with Crippen LogP contribution in [0.5, 0.6) is 0 Å². The highest BCUT2D eigenvalue weighted by molar-refractivity contribution is 5.95. The molecule has 0 radical (unpaired) electrons. The number of amides is 2. The van der Waals surface area contributed by atoms with E-state index in [1.807, 2.05) is 48.2 Å². The van der Waals surface area contributed by atoms with Crippen molar-refractivity contribution in [2.75, 3.05) is 13.1 Å². The summed E-state index contributed by atoms with van der Waals surface area (Å²) >= 11 is 0. The van der Waals surface area contributed by atoms with Gasteiger partial charge in [0, 0.05) is 30.7 Å². The van der Waals surface area contributed by atoms with Crippen LogP contribution < -0.4 is 16.2 Å². The number of hydrazine groups is 1. The minimum Gasteiger partial charge on any atom is -0.349 e. The second kappa shape index (κ2) is 8.98. The van der Waals surface area contributed by atoms with Crippen molar-refractivity contribution < 1.29 is 9.59 Å². The van der Waals surface area contributed by atoms with E-state index in [1.165, 1.54) is 11.1 Å². The Labute approximate surface area is 178 Å². The Bertz CT molecular complexity index is 921. The number of benzene rings is 2. The normalized spacial score (nSPS) is 22.1. The Kier molecular flexibility index (Phi) is 6.16. The van der Waals surface area contributed by atoms with E-state index >= 15 is 0 Å². The molecule has 3 N–H and O–H groups in total. The molecular formula is C24H30N4O2. The molecule has 0 aliphatic carbocycles. The summed E-state index contributed by atoms with van der Waals surface area (Å²) in [6.45, 7) is 5.39. The quantitative estimate of drug-likeness (QED) is 0.730. The third-order valence-electron chi connectivity index (χ3n) is 6.30. The van der Waals surface area contributed by atoms with Gasteiger partial charge < -0.3 is 10.2 Å². The number of piperidine rings is 1. The number of carbonyl (C=O) groups is 2. The fraction of sp³-hybridized carbons (Fsp3) is 0.417. The zero-order valence-electron chi connectivity index (χ0n) is 17.7. The SMILES string of the molecule is Cc1ccccc1C(=O)NC1CCN(C(=O)C2CC(c3ccccc3C)NN2)CC1. The summed E-state index contributed by atoms with van der Waals surface area (Å²) in [5.74, 6) is 0.114. The van der Waals surface area contributed by atoms with Crippen LogP contribution in [0.15, 0.2) is 48.5 Å². The van der Waals surface area contributed by atoms with Crippen LogP contribution >= 0.6 is 0 Å². The summed E-state index contributed by atoms with van der Waals surface area (Å²) in [6.07, 6.45) is 2.31. The van der Waals surface area contributed by atoms with Crippen LogP contribution in [-0.4, -0.2) is 41.9 Å². The molecule has 0 bridgehead atoms. The summed E-state index contributed by atoms with van der Waals surface area (Å²) in [5.41, 5.74) is 10.6. The zero-order chi connectivity index (χ0) is 21.1. The molecule has 6 heteroatoms. The van der Waals surface area contributed by atoms with Crippen molar-refractivity contribution in [3.63, 3.8) is 0 Å². The molecule has 4 rings (SSSR count). The lowest BCUT2D eigenvalue weighted by atomic mass is 9.97. The second-order valence-electron chi connectivity index (χ2n) is 8.37. The van der Waals surface area contributed by atoms with Crippen molar-refractivity contribution in [1.29, 1.82) is 0 Å². The average Bonchev–Trinajstić information content (AvgIpc) is 3.24. The molecule has 2 aromatic rings. The molecule has 2 aliphatic rings. The van der Waals surface area contributed by atoms with Crippen LogP contribution in [0.3, 0.4) is 0 Å². The van der Waals surface area contributed by atoms with Crippen molar-refractivity contribution in [3.05, 3.63) is 70.8 Å². The van der Waals surface area contributed by atoms with Crippen LogP contribution in [-0.2, 0) is 4.79 Å². The van der Waals surface area contributed by atoms with Crippen molar-refractivity contribution in [1.82, 2.24) is 21.1 Å². The van der Waals surface area contributed by atoms with Gasteiger partial charge in [0.15, 0.2) is 0 Å². The summed E-state index contributed by atoms with van der Waals surface area (Å²) in [5, 5.41) is 3.13. The predicted molar refractivity (Wildman–Crippen MR) is 117 cm³/mol. The number of rotatable bonds is 4. The summed E-state index contributed by atoms with van der Waals surface area (Å²) in [4.78, 5) is 27.5. The number of aryl methyl sites for hydroxylation is 2. The van der Waals surface area contributed by atoms with Crippen LogP contribution in [0.25, 0.3) is 0 Å². The van der Waals surface area contributed by atoms with Gasteiger partial charge in [0.25, 0.3) is 5.91 Å². The largest absolute Gasteiger partial charge is 0.349 e. The van der Waals surface area contributed by atoms with Gasteiger partial charge in [-0.25, -0.2) is 10.9 Å². The number of nitrogens with one attached hydrogen (secondary N) is 3. The van der Waals surface area contributed by atoms with Crippen LogP contribution in [0.1, 0.15) is 52.4 Å². The van der Waals surface area contributed by atoms with Crippen molar-refractivity contribution in [3.8, 4) is 0 Å². The number of hydrogen-bond acceptors (Lipinski definition) is 4. The number of hydrogen-bond donors (Lipinski definition) is 3. The van der Waals surface area contributed by atoms with Gasteiger partial charge >= 0.3 is 0 Å². The number of nitrogens with zero attached hydrogens (tertiary/aromatic N) is 1. The maximum atomic E-state index is 13.0. The fourth-order valence-electron chi connectivity index (χ4n) is 4.46. The van der Waals surface area contributed by atoms with E-state index in [-0.39, 0.29) is 29.9 Å². The molecule has 2 fully saturated rings. The second-order valence-corrected chi connectivity index (χ2v) is 8.37. The Morgan fingerprint density at radius 3 is 2.30 bits per heavy atom. The van der Waals surface area contributed by atoms with E-state index in [4.69, 9.17) is 0 Å². The lowest BCUT2D eigenvalue weighted by molar-refractivity contribution is -0.134. The highest BCUT2D eigenvalue weighted by Gasteiger charge is 2.35. The summed E-state index contributed by atoms with van der Waals surface area (Å²) in [7, 11) is 0. The number of likely N-dealkylation sites (tertiary alicyclic amines) is 1. The fourth-order valence-corrected chi connectivity index (χ4v) is 4.46. The van der Waals surface area contributed by atoms with Gasteiger partial charge in [-0.05, 0) is 55.9 Å². The van der Waals surface area contributed by atoms with Gasteiger partial charge in [0.05, 0.1) is 0 Å². The minimum atomic E-state index is -0.215. The maximum absolute atomic E-state index is 13.0. The molecule has 6 nitrogen and oxygen atoms in total. The van der Waals surface area contributed by atoms with Crippen LogP contribution in [0, 0.1) is 13.8 Å². The van der Waals surface area contributed by atoms with Gasteiger partial charge in [-0.15, -0.1) is 0 Å². The van der Waals surface area contributed by atoms with E-state index in [2.05, 4.69) is 35.2 Å². The van der Waals surface area contributed by atoms with Crippen LogP contribution in [0.4, 0.5) is 0 Å². The monoisotopic (exact) mass is 406 g/mol. The topological polar surface area (TPSA) is 73.5 Å². The van der Waals surface area contributed by atoms with E-state index in [0.717, 1.165) is 30.4 Å². The first-order valence-corrected chi connectivity index (χ1v) is 10.7. The Balaban J connectivity index is 1.28. The molecule has 2 unspecified atom stereocenters. The van der Waals surface area contributed by atoms with E-state index in [1.54, 1.807) is 0 Å². The molecule has 0 spiro atoms. The van der Waals surface area contributed by atoms with E-state index in [9.17, 15) is 9.59 Å². The third kappa shape index (κ3) is 4.40. The van der Waals surface area contributed by atoms with Gasteiger partial charge in [0.1, 0.15) is 6.04 Å². The standard InChI is InChI=1S/C24H30N4O2/c1-16-7-3-5-9-19(16)21-15-22(27-26-21)24(30)28-13-11-18(12-14-28)25-23(29)20-10-6-4-8-17(20)2/h3-10,18,21-22,26-27H,11-15H2,1-2H3,(H,25,29). The lowest BCUT2D eigenvalue weighted by Gasteiger charge is -2.33. The average molecular weight is 407 g/mol. The van der Waals surface area contributed by atoms with Gasteiger partial charge in [-0.3, -0.25) is 9.59 Å². The molecule has 2 aliphatic heterocycles. The highest BCUT2D eigenvalue weighted by atomic mass is 16.2. The van der Waals surface area contributed by atoms with E-state index in [0.29, 0.717) is 13.1 Å². The Morgan fingerprint density at radius 1 is 0.933 bits per heavy atom. The third-order valence-corrected chi connectivity index (χ3v) is 6.30. The van der Waals surface area contributed by atoms with Crippen molar-refractivity contribution in [2.45, 2.75) is 51.2 Å². The first kappa shape index (κ1) is 20.6. The smallest absolute Gasteiger partial charge is 0.251 e. The van der Waals surface area contributed by atoms with Gasteiger partial charge in [-0.2, -0.15) is 0 Å². The number of carbonyl (C=O) groups excluding carboxylic acids is 2. The molecular weight excluding hydrogens is 376 g/mol. The van der Waals surface area contributed by atoms with Gasteiger partial charge in [-0.1, -0.05) is 42.5 Å². The molecule has 2 heterocycles. The van der Waals surface area contributed by atoms with Crippen molar-refractivity contribution >= 4 is 11.8 Å². The molecule has 2 atom stereocenters. The molecule has 30 heavy (non-hydrogen) atoms. The molecule has 2 saturated heterocycles. The molecule has 2 amide bonds. The molecule has 158 valence electrons. The molecule has 2 aromatic carbocycles. The lowest BCUT2D eigenvalue weighted by Crippen LogP contribution is -2.51. The summed E-state index contributed by atoms with van der Waals surface area (Å²) in [6, 6.07) is 15.9. The summed E-state index contributed by atoms with van der Waals surface area (Å²) < 4.78 is 0. The molecule has 0 aromatic heterocycles. The zero-order valence-corrected chi connectivity index (χ0v) is 17.7. The van der Waals surface area contributed by atoms with Gasteiger partial charge in [0.2, 0.25) is 5.91 Å². The predicted octanol–water partition coefficient (Wildman–Crippen LogP) is 2.63. The molecule has 0 saturated carbocycles. The Morgan fingerprint density at radius 2 is 1.60 bits per heavy atom. The van der Waals surface area contributed by atoms with Crippen LogP contribution in [0.2, 0.25) is 0 Å². The van der Waals surface area contributed by atoms with Crippen molar-refractivity contribution in [2.24, 2.45) is 0 Å². The van der Waals surface area contributed by atoms with E-state index < -0.39 is 0 Å². The first-order valence-electron chi connectivity index (χ1n) is 10.7. The Hall–Kier alpha value is -2.70. The first-order chi connectivity index (χ1) is 14.5. The maximum Gasteiger partial charge on any atom is 0.251 e. The minimum absolute atomic E-state index is 0.0272. The highest BCUT2D eigenvalue weighted by Crippen LogP contribution is 2.26.